The molecule has 0 saturated heterocycles. The highest BCUT2D eigenvalue weighted by atomic mass is 16.5. The van der Waals surface area contributed by atoms with Crippen molar-refractivity contribution in [1.82, 2.24) is 0 Å². The van der Waals surface area contributed by atoms with Gasteiger partial charge in [0, 0.05) is 6.07 Å². The minimum atomic E-state index is -0.414. The maximum atomic E-state index is 12.1. The van der Waals surface area contributed by atoms with Gasteiger partial charge in [0.25, 0.3) is 0 Å². The summed E-state index contributed by atoms with van der Waals surface area (Å²) in [6.45, 7) is 4.08. The number of terminal acetylenes is 2. The number of nitrogens with zero attached hydrogens (tertiary/aromatic N) is 1. The molecule has 0 aliphatic rings. The van der Waals surface area contributed by atoms with E-state index in [2.05, 4.69) is 23.7 Å². The van der Waals surface area contributed by atoms with Gasteiger partial charge in [-0.05, 0) is 23.8 Å². The molecule has 0 aliphatic heterocycles. The Kier molecular flexibility index (Phi) is 8.45. The molecule has 2 aromatic carbocycles. The van der Waals surface area contributed by atoms with Crippen molar-refractivity contribution >= 4 is 17.3 Å². The van der Waals surface area contributed by atoms with Crippen molar-refractivity contribution < 1.29 is 23.7 Å². The van der Waals surface area contributed by atoms with E-state index in [4.69, 9.17) is 31.8 Å². The number of nitrogens with one attached hydrogen (secondary N) is 1. The Morgan fingerprint density at radius 2 is 1.62 bits per heavy atom. The second kappa shape index (κ2) is 11.2. The summed E-state index contributed by atoms with van der Waals surface area (Å²) in [5.41, 5.74) is 2.38. The Hall–Kier alpha value is -4.23. The number of ether oxygens (including phenoxy) is 4. The molecule has 7 nitrogen and oxygen atoms in total. The molecule has 2 rings (SSSR count). The first-order valence-corrected chi connectivity index (χ1v) is 9.56. The number of carbonyl (C=O) groups excluding carboxylic acids is 1. The molecule has 0 fully saturated rings. The van der Waals surface area contributed by atoms with Crippen molar-refractivity contribution in [2.45, 2.75) is 0 Å². The van der Waals surface area contributed by atoms with E-state index in [1.54, 1.807) is 19.2 Å². The predicted molar refractivity (Wildman–Crippen MR) is 127 cm³/mol. The normalized spacial score (nSPS) is 9.69. The Morgan fingerprint density at radius 3 is 2.12 bits per heavy atom. The van der Waals surface area contributed by atoms with Gasteiger partial charge >= 0.3 is 0 Å². The van der Waals surface area contributed by atoms with Gasteiger partial charge in [-0.3, -0.25) is 4.79 Å². The molecule has 0 radical (unpaired) electrons. The van der Waals surface area contributed by atoms with Gasteiger partial charge < -0.3 is 29.2 Å². The molecule has 0 aliphatic carbocycles. The van der Waals surface area contributed by atoms with Gasteiger partial charge in [-0.25, -0.2) is 0 Å². The van der Waals surface area contributed by atoms with Gasteiger partial charge in [0.05, 0.1) is 52.8 Å². The van der Waals surface area contributed by atoms with Gasteiger partial charge in [0.15, 0.2) is 5.75 Å². The van der Waals surface area contributed by atoms with Crippen LogP contribution in [0.4, 0.5) is 11.4 Å². The number of hydrogen-bond donors (Lipinski definition) is 1. The molecule has 0 bridgehead atoms. The lowest BCUT2D eigenvalue weighted by Gasteiger charge is -2.24. The van der Waals surface area contributed by atoms with Crippen LogP contribution in [0.25, 0.3) is 11.1 Å². The van der Waals surface area contributed by atoms with E-state index in [0.29, 0.717) is 53.0 Å². The summed E-state index contributed by atoms with van der Waals surface area (Å²) >= 11 is 0. The first-order chi connectivity index (χ1) is 15.5. The van der Waals surface area contributed by atoms with Crippen LogP contribution in [-0.2, 0) is 4.79 Å². The zero-order chi connectivity index (χ0) is 23.7. The van der Waals surface area contributed by atoms with Gasteiger partial charge in [0.1, 0.15) is 22.9 Å². The lowest BCUT2D eigenvalue weighted by atomic mass is 10.00. The van der Waals surface area contributed by atoms with Crippen LogP contribution in [0.5, 0.6) is 23.0 Å². The van der Waals surface area contributed by atoms with Crippen LogP contribution in [0.15, 0.2) is 36.9 Å². The molecule has 0 saturated carbocycles. The lowest BCUT2D eigenvalue weighted by molar-refractivity contribution is -0.111. The summed E-state index contributed by atoms with van der Waals surface area (Å²) in [6, 6.07) is 7.19. The monoisotopic (exact) mass is 434 g/mol. The zero-order valence-corrected chi connectivity index (χ0v) is 18.7. The molecule has 7 heteroatoms. The van der Waals surface area contributed by atoms with E-state index in [-0.39, 0.29) is 0 Å². The maximum absolute atomic E-state index is 12.1. The van der Waals surface area contributed by atoms with E-state index in [9.17, 15) is 4.79 Å². The predicted octanol–water partition coefficient (Wildman–Crippen LogP) is 3.59. The third-order valence-electron chi connectivity index (χ3n) is 4.66. The van der Waals surface area contributed by atoms with E-state index in [1.165, 1.54) is 21.3 Å². The van der Waals surface area contributed by atoms with E-state index < -0.39 is 5.91 Å². The van der Waals surface area contributed by atoms with Crippen molar-refractivity contribution in [2.75, 3.05) is 51.7 Å². The van der Waals surface area contributed by atoms with Crippen molar-refractivity contribution in [1.29, 1.82) is 0 Å². The molecule has 0 aromatic heterocycles. The van der Waals surface area contributed by atoms with Crippen LogP contribution in [0.2, 0.25) is 0 Å². The summed E-state index contributed by atoms with van der Waals surface area (Å²) < 4.78 is 22.3. The van der Waals surface area contributed by atoms with Crippen molar-refractivity contribution in [3.8, 4) is 58.8 Å². The average molecular weight is 434 g/mol. The third kappa shape index (κ3) is 4.91. The molecule has 32 heavy (non-hydrogen) atoms. The highest BCUT2D eigenvalue weighted by Gasteiger charge is 2.24. The van der Waals surface area contributed by atoms with Crippen LogP contribution in [-0.4, -0.2) is 47.4 Å². The molecular formula is C25H26N2O5. The molecule has 2 aromatic rings. The minimum Gasteiger partial charge on any atom is -0.496 e. The van der Waals surface area contributed by atoms with Crippen LogP contribution < -0.4 is 29.2 Å². The number of hydrogen-bond acceptors (Lipinski definition) is 6. The second-order valence-electron chi connectivity index (χ2n) is 6.41. The Bertz CT molecular complexity index is 1060. The third-order valence-corrected chi connectivity index (χ3v) is 4.66. The van der Waals surface area contributed by atoms with E-state index in [1.807, 2.05) is 17.0 Å². The first-order valence-electron chi connectivity index (χ1n) is 9.56. The van der Waals surface area contributed by atoms with Gasteiger partial charge in [0.2, 0.25) is 5.91 Å². The fourth-order valence-electron chi connectivity index (χ4n) is 3.24. The Labute approximate surface area is 188 Å². The fraction of sp³-hybridized carbons (Fsp3) is 0.240. The smallest absolute Gasteiger partial charge is 0.247 e. The van der Waals surface area contributed by atoms with Gasteiger partial charge in [-0.2, -0.15) is 0 Å². The van der Waals surface area contributed by atoms with Crippen molar-refractivity contribution in [3.63, 3.8) is 0 Å². The summed E-state index contributed by atoms with van der Waals surface area (Å²) in [5, 5.41) is 2.74. The molecule has 1 amide bonds. The molecular weight excluding hydrogens is 408 g/mol. The topological polar surface area (TPSA) is 69.3 Å². The lowest BCUT2D eigenvalue weighted by Crippen LogP contribution is -2.24. The van der Waals surface area contributed by atoms with Crippen LogP contribution in [0.3, 0.4) is 0 Å². The first kappa shape index (κ1) is 24.0. The minimum absolute atomic E-state index is 0.293. The molecule has 0 heterocycles. The zero-order valence-electron chi connectivity index (χ0n) is 18.7. The SMILES string of the molecule is C#CCN(CC#C)c1cc(-c2c(OC)cc(OC)c(NC(=O)C=C)c2OC)ccc1OC. The number of anilines is 2. The summed E-state index contributed by atoms with van der Waals surface area (Å²) in [7, 11) is 6.09. The molecule has 0 spiro atoms. The highest BCUT2D eigenvalue weighted by Crippen LogP contribution is 2.49. The van der Waals surface area contributed by atoms with E-state index >= 15 is 0 Å². The van der Waals surface area contributed by atoms with Crippen LogP contribution in [0.1, 0.15) is 0 Å². The number of rotatable bonds is 10. The molecule has 0 atom stereocenters. The number of carbonyl (C=O) groups is 1. The summed E-state index contributed by atoms with van der Waals surface area (Å²) in [6.07, 6.45) is 12.2. The van der Waals surface area contributed by atoms with E-state index in [0.717, 1.165) is 11.6 Å². The van der Waals surface area contributed by atoms with Crippen LogP contribution >= 0.6 is 0 Å². The summed E-state index contributed by atoms with van der Waals surface area (Å²) in [5.74, 6) is 6.61. The maximum Gasteiger partial charge on any atom is 0.247 e. The second-order valence-corrected chi connectivity index (χ2v) is 6.41. The quantitative estimate of drug-likeness (QED) is 0.455. The van der Waals surface area contributed by atoms with Crippen molar-refractivity contribution in [2.24, 2.45) is 0 Å². The highest BCUT2D eigenvalue weighted by molar-refractivity contribution is 6.03. The largest absolute Gasteiger partial charge is 0.496 e. The van der Waals surface area contributed by atoms with Gasteiger partial charge in [-0.15, -0.1) is 12.8 Å². The average Bonchev–Trinajstić information content (AvgIpc) is 2.82. The molecule has 166 valence electrons. The summed E-state index contributed by atoms with van der Waals surface area (Å²) in [4.78, 5) is 13.9. The number of methoxy groups -OCH3 is 4. The standard InChI is InChI=1S/C25H26N2O5/c1-8-13-27(14-9-2)18-15-17(11-12-19(18)29-4)23-20(30-5)16-21(31-6)24(25(23)32-7)26-22(28)10-3/h1-2,10-12,15-16H,3,13-14H2,4-7H3,(H,26,28). The van der Waals surface area contributed by atoms with Crippen LogP contribution in [0, 0.1) is 24.7 Å². The number of benzene rings is 2. The number of amides is 1. The Morgan fingerprint density at radius 1 is 1.00 bits per heavy atom. The Balaban J connectivity index is 2.83. The fourth-order valence-corrected chi connectivity index (χ4v) is 3.24. The van der Waals surface area contributed by atoms with Crippen molar-refractivity contribution in [3.05, 3.63) is 36.9 Å². The van der Waals surface area contributed by atoms with Gasteiger partial charge in [-0.1, -0.05) is 24.5 Å². The molecule has 0 unspecified atom stereocenters. The molecule has 1 N–H and O–H groups in total.